The van der Waals surface area contributed by atoms with Crippen molar-refractivity contribution in [2.75, 3.05) is 31.8 Å². The Kier molecular flexibility index (Phi) is 2.82. The van der Waals surface area contributed by atoms with E-state index in [1.165, 1.54) is 18.5 Å². The molecule has 3 rings (SSSR count). The van der Waals surface area contributed by atoms with Gasteiger partial charge in [0.15, 0.2) is 11.5 Å². The Morgan fingerprint density at radius 3 is 2.94 bits per heavy atom. The smallest absolute Gasteiger partial charge is 0.231 e. The molecular weight excluding hydrogens is 228 g/mol. The number of benzene rings is 1. The Bertz CT molecular complexity index is 449. The zero-order valence-electron chi connectivity index (χ0n) is 11.0. The molecule has 4 nitrogen and oxygen atoms in total. The van der Waals surface area contributed by atoms with Crippen LogP contribution in [0.5, 0.6) is 11.5 Å². The molecule has 1 aromatic rings. The Morgan fingerprint density at radius 2 is 2.11 bits per heavy atom. The van der Waals surface area contributed by atoms with Gasteiger partial charge in [0.2, 0.25) is 6.79 Å². The molecule has 0 spiro atoms. The van der Waals surface area contributed by atoms with Crippen LogP contribution in [-0.4, -0.2) is 32.5 Å². The number of fused-ring (bicyclic) bond motifs is 1. The van der Waals surface area contributed by atoms with Gasteiger partial charge in [0.25, 0.3) is 0 Å². The van der Waals surface area contributed by atoms with Gasteiger partial charge in [-0.3, -0.25) is 0 Å². The number of nitrogens with one attached hydrogen (secondary N) is 1. The first-order valence-electron chi connectivity index (χ1n) is 6.54. The van der Waals surface area contributed by atoms with E-state index in [0.717, 1.165) is 24.6 Å². The molecule has 1 saturated heterocycles. The first kappa shape index (κ1) is 11.7. The lowest BCUT2D eigenvalue weighted by molar-refractivity contribution is 0.174. The number of rotatable bonds is 2. The molecule has 2 aliphatic rings. The average molecular weight is 248 g/mol. The minimum atomic E-state index is 0.203. The molecule has 2 heterocycles. The third kappa shape index (κ3) is 2.01. The van der Waals surface area contributed by atoms with Gasteiger partial charge < -0.3 is 19.7 Å². The fraction of sp³-hybridized carbons (Fsp3) is 0.571. The number of piperidine rings is 1. The van der Waals surface area contributed by atoms with Crippen molar-refractivity contribution in [3.8, 4) is 11.5 Å². The van der Waals surface area contributed by atoms with Crippen LogP contribution in [0.15, 0.2) is 18.2 Å². The second kappa shape index (κ2) is 4.35. The van der Waals surface area contributed by atoms with Crippen molar-refractivity contribution in [3.63, 3.8) is 0 Å². The third-order valence-electron chi connectivity index (χ3n) is 4.02. The zero-order chi connectivity index (χ0) is 12.6. The van der Waals surface area contributed by atoms with Crippen LogP contribution in [0.2, 0.25) is 0 Å². The van der Waals surface area contributed by atoms with E-state index in [2.05, 4.69) is 29.3 Å². The molecule has 18 heavy (non-hydrogen) atoms. The van der Waals surface area contributed by atoms with Crippen LogP contribution in [0.1, 0.15) is 19.8 Å². The predicted molar refractivity (Wildman–Crippen MR) is 71.5 cm³/mol. The summed E-state index contributed by atoms with van der Waals surface area (Å²) < 4.78 is 10.8. The summed E-state index contributed by atoms with van der Waals surface area (Å²) in [6, 6.07) is 6.21. The van der Waals surface area contributed by atoms with Gasteiger partial charge in [-0.2, -0.15) is 0 Å². The maximum absolute atomic E-state index is 5.44. The lowest BCUT2D eigenvalue weighted by Crippen LogP contribution is -2.53. The fourth-order valence-corrected chi connectivity index (χ4v) is 2.75. The van der Waals surface area contributed by atoms with Gasteiger partial charge in [0.05, 0.1) is 0 Å². The van der Waals surface area contributed by atoms with Gasteiger partial charge >= 0.3 is 0 Å². The molecule has 1 aromatic carbocycles. The van der Waals surface area contributed by atoms with Gasteiger partial charge in [0, 0.05) is 30.4 Å². The van der Waals surface area contributed by atoms with E-state index in [-0.39, 0.29) is 5.54 Å². The van der Waals surface area contributed by atoms with Gasteiger partial charge in [-0.05, 0) is 38.9 Å². The van der Waals surface area contributed by atoms with E-state index >= 15 is 0 Å². The Hall–Kier alpha value is -1.42. The highest BCUT2D eigenvalue weighted by Gasteiger charge is 2.29. The van der Waals surface area contributed by atoms with Crippen molar-refractivity contribution in [3.05, 3.63) is 18.2 Å². The Morgan fingerprint density at radius 1 is 1.28 bits per heavy atom. The van der Waals surface area contributed by atoms with Crippen LogP contribution >= 0.6 is 0 Å². The second-order valence-corrected chi connectivity index (χ2v) is 5.37. The van der Waals surface area contributed by atoms with E-state index in [4.69, 9.17) is 9.47 Å². The molecule has 0 aliphatic carbocycles. The first-order chi connectivity index (χ1) is 8.70. The second-order valence-electron chi connectivity index (χ2n) is 5.37. The molecular formula is C14H20N2O2. The summed E-state index contributed by atoms with van der Waals surface area (Å²) in [6.45, 7) is 4.76. The third-order valence-corrected chi connectivity index (χ3v) is 4.02. The quantitative estimate of drug-likeness (QED) is 0.868. The molecule has 1 N–H and O–H groups in total. The summed E-state index contributed by atoms with van der Waals surface area (Å²) in [4.78, 5) is 2.42. The highest BCUT2D eigenvalue weighted by molar-refractivity contribution is 5.57. The number of likely N-dealkylation sites (N-methyl/N-ethyl adjacent to an activating group) is 1. The molecule has 4 heteroatoms. The molecule has 2 aliphatic heterocycles. The lowest BCUT2D eigenvalue weighted by atomic mass is 9.91. The monoisotopic (exact) mass is 248 g/mol. The topological polar surface area (TPSA) is 33.7 Å². The molecule has 1 fully saturated rings. The minimum Gasteiger partial charge on any atom is -0.454 e. The van der Waals surface area contributed by atoms with Crippen LogP contribution in [0.4, 0.5) is 5.69 Å². The first-order valence-corrected chi connectivity index (χ1v) is 6.54. The van der Waals surface area contributed by atoms with Crippen LogP contribution < -0.4 is 19.7 Å². The summed E-state index contributed by atoms with van der Waals surface area (Å²) in [6.07, 6.45) is 2.44. The van der Waals surface area contributed by atoms with Gasteiger partial charge in [-0.15, -0.1) is 0 Å². The molecule has 0 amide bonds. The number of anilines is 1. The van der Waals surface area contributed by atoms with E-state index in [1.807, 2.05) is 13.1 Å². The summed E-state index contributed by atoms with van der Waals surface area (Å²) in [5.41, 5.74) is 1.43. The SMILES string of the molecule is CNC1(C)CCCN(c2ccc3c(c2)OCO3)C1. The summed E-state index contributed by atoms with van der Waals surface area (Å²) >= 11 is 0. The fourth-order valence-electron chi connectivity index (χ4n) is 2.75. The van der Waals surface area contributed by atoms with E-state index < -0.39 is 0 Å². The van der Waals surface area contributed by atoms with Crippen molar-refractivity contribution in [2.45, 2.75) is 25.3 Å². The summed E-state index contributed by atoms with van der Waals surface area (Å²) in [7, 11) is 2.04. The van der Waals surface area contributed by atoms with Crippen molar-refractivity contribution in [1.29, 1.82) is 0 Å². The molecule has 0 bridgehead atoms. The highest BCUT2D eigenvalue weighted by Crippen LogP contribution is 2.36. The van der Waals surface area contributed by atoms with E-state index in [0.29, 0.717) is 6.79 Å². The number of hydrogen-bond acceptors (Lipinski definition) is 4. The Balaban J connectivity index is 1.82. The van der Waals surface area contributed by atoms with Crippen molar-refractivity contribution >= 4 is 5.69 Å². The molecule has 0 radical (unpaired) electrons. The van der Waals surface area contributed by atoms with E-state index in [9.17, 15) is 0 Å². The summed E-state index contributed by atoms with van der Waals surface area (Å²) in [5.74, 6) is 1.72. The average Bonchev–Trinajstić information content (AvgIpc) is 2.86. The van der Waals surface area contributed by atoms with Gasteiger partial charge in [-0.25, -0.2) is 0 Å². The number of nitrogens with zero attached hydrogens (tertiary/aromatic N) is 1. The minimum absolute atomic E-state index is 0.203. The molecule has 0 aromatic heterocycles. The highest BCUT2D eigenvalue weighted by atomic mass is 16.7. The summed E-state index contributed by atoms with van der Waals surface area (Å²) in [5, 5.41) is 3.43. The van der Waals surface area contributed by atoms with Crippen molar-refractivity contribution in [2.24, 2.45) is 0 Å². The number of ether oxygens (including phenoxy) is 2. The van der Waals surface area contributed by atoms with Gasteiger partial charge in [-0.1, -0.05) is 0 Å². The Labute approximate surface area is 108 Å². The molecule has 1 atom stereocenters. The van der Waals surface area contributed by atoms with Crippen LogP contribution in [0.25, 0.3) is 0 Å². The molecule has 1 unspecified atom stereocenters. The molecule has 98 valence electrons. The number of hydrogen-bond donors (Lipinski definition) is 1. The van der Waals surface area contributed by atoms with E-state index in [1.54, 1.807) is 0 Å². The van der Waals surface area contributed by atoms with Crippen LogP contribution in [0, 0.1) is 0 Å². The predicted octanol–water partition coefficient (Wildman–Crippen LogP) is 1.99. The van der Waals surface area contributed by atoms with Crippen molar-refractivity contribution < 1.29 is 9.47 Å². The van der Waals surface area contributed by atoms with Crippen LogP contribution in [0.3, 0.4) is 0 Å². The lowest BCUT2D eigenvalue weighted by Gasteiger charge is -2.41. The van der Waals surface area contributed by atoms with Gasteiger partial charge in [0.1, 0.15) is 0 Å². The maximum Gasteiger partial charge on any atom is 0.231 e. The molecule has 0 saturated carbocycles. The largest absolute Gasteiger partial charge is 0.454 e. The normalized spacial score (nSPS) is 26.4. The van der Waals surface area contributed by atoms with Crippen LogP contribution in [-0.2, 0) is 0 Å². The van der Waals surface area contributed by atoms with Crippen molar-refractivity contribution in [1.82, 2.24) is 5.32 Å². The zero-order valence-corrected chi connectivity index (χ0v) is 11.0. The maximum atomic E-state index is 5.44. The standard InChI is InChI=1S/C14H20N2O2/c1-14(15-2)6-3-7-16(9-14)11-4-5-12-13(8-11)18-10-17-12/h4-5,8,15H,3,6-7,9-10H2,1-2H3.